The molecule has 4 unspecified atom stereocenters. The van der Waals surface area contributed by atoms with Gasteiger partial charge in [-0.25, -0.2) is 0 Å². The Labute approximate surface area is 465 Å². The van der Waals surface area contributed by atoms with Crippen molar-refractivity contribution in [3.63, 3.8) is 0 Å². The average molecular weight is 1110 g/mol. The maximum absolute atomic E-state index is 2.29. The molecule has 0 aliphatic rings. The van der Waals surface area contributed by atoms with Gasteiger partial charge in [0.2, 0.25) is 0 Å². The summed E-state index contributed by atoms with van der Waals surface area (Å²) in [7, 11) is 8.46. The van der Waals surface area contributed by atoms with Gasteiger partial charge in [-0.2, -0.15) is 0 Å². The summed E-state index contributed by atoms with van der Waals surface area (Å²) in [5.41, 5.74) is 0. The molecule has 4 atom stereocenters. The van der Waals surface area contributed by atoms with Crippen molar-refractivity contribution in [2.45, 2.75) is 387 Å². The minimum absolute atomic E-state index is 0. The van der Waals surface area contributed by atoms with E-state index in [4.69, 9.17) is 0 Å². The summed E-state index contributed by atoms with van der Waals surface area (Å²) in [6, 6.07) is 0. The molecule has 0 fully saturated rings. The number of unbranched alkanes of at least 4 members (excludes halogenated alkanes) is 52. The molecule has 0 aromatic rings. The quantitative estimate of drug-likeness (QED) is 0.0323. The zero-order chi connectivity index (χ0) is 50.4. The Bertz CT molecular complexity index is 577. The monoisotopic (exact) mass is 1110 g/mol. The van der Waals surface area contributed by atoms with Crippen LogP contribution in [0, 0.1) is 0 Å². The van der Waals surface area contributed by atoms with Crippen molar-refractivity contribution >= 4 is 37.0 Å². The van der Waals surface area contributed by atoms with Crippen molar-refractivity contribution in [2.24, 2.45) is 0 Å². The van der Waals surface area contributed by atoms with Gasteiger partial charge >= 0.3 is 0 Å². The van der Waals surface area contributed by atoms with E-state index in [0.29, 0.717) is 0 Å². The molecule has 0 nitrogen and oxygen atoms in total. The average Bonchev–Trinajstić information content (AvgIpc) is 3.35. The molecule has 8 heteroatoms. The molecule has 0 radical (unpaired) electrons. The lowest BCUT2D eigenvalue weighted by Gasteiger charge is -2.02. The number of hydrogen-bond donors (Lipinski definition) is 0. The lowest BCUT2D eigenvalue weighted by atomic mass is 10.0. The second kappa shape index (κ2) is 97.9. The van der Waals surface area contributed by atoms with Crippen LogP contribution in [0.2, 0.25) is 0 Å². The fraction of sp³-hybridized carbons (Fsp3) is 1.00. The smallest absolute Gasteiger partial charge is 0.0526 e. The van der Waals surface area contributed by atoms with Gasteiger partial charge < -0.3 is 18.8 Å². The second-order valence-electron chi connectivity index (χ2n) is 21.8. The van der Waals surface area contributed by atoms with Gasteiger partial charge in [-0.05, 0) is 88.3 Å². The third-order valence-corrected chi connectivity index (χ3v) is 16.4. The minimum atomic E-state index is 0. The molecule has 0 aromatic carbocycles. The Balaban J connectivity index is -0.000000124. The number of hydrogen-bond acceptors (Lipinski definition) is 0. The van der Waals surface area contributed by atoms with Gasteiger partial charge in [0.1, 0.15) is 0 Å². The number of halogens is 4. The second-order valence-corrected chi connectivity index (χ2v) is 24.6. The highest BCUT2D eigenvalue weighted by atomic mass is 31.0. The van der Waals surface area contributed by atoms with Crippen molar-refractivity contribution in [3.8, 4) is 0 Å². The maximum atomic E-state index is 2.29. The van der Waals surface area contributed by atoms with Crippen LogP contribution in [0.4, 0.5) is 0 Å². The Kier molecular flexibility index (Phi) is 122. The van der Waals surface area contributed by atoms with E-state index in [-0.39, 0.29) is 18.8 Å². The third kappa shape index (κ3) is 107. The predicted octanol–water partition coefficient (Wildman–Crippen LogP) is 12.3. The third-order valence-electron chi connectivity index (χ3n) is 14.4. The van der Waals surface area contributed by atoms with E-state index < -0.39 is 0 Å². The van der Waals surface area contributed by atoms with Gasteiger partial charge in [-0.1, -0.05) is 336 Å². The Hall–Kier alpha value is 1.44. The van der Waals surface area contributed by atoms with E-state index in [1.54, 1.807) is 0 Å². The first-order valence-electron chi connectivity index (χ1n) is 32.8. The van der Waals surface area contributed by atoms with Crippen LogP contribution in [0.25, 0.3) is 0 Å². The predicted molar refractivity (Wildman–Crippen MR) is 345 cm³/mol. The molecule has 0 aliphatic heterocycles. The van der Waals surface area contributed by atoms with Crippen LogP contribution in [0.1, 0.15) is 387 Å². The van der Waals surface area contributed by atoms with Gasteiger partial charge in [-0.15, -0.1) is 0 Å². The van der Waals surface area contributed by atoms with Gasteiger partial charge in [0.05, 0.1) is 24.6 Å². The molecule has 72 heavy (non-hydrogen) atoms. The largest absolute Gasteiger partial charge is 1.00 e. The summed E-state index contributed by atoms with van der Waals surface area (Å²) in [5.74, 6) is 0. The summed E-state index contributed by atoms with van der Waals surface area (Å²) in [5, 5.41) is 0. The zero-order valence-corrected chi connectivity index (χ0v) is 56.4. The van der Waals surface area contributed by atoms with E-state index in [1.807, 2.05) is 0 Å². The number of rotatable bonds is 56. The highest BCUT2D eigenvalue weighted by Gasteiger charge is 1.98. The molecule has 0 bridgehead atoms. The molecule has 0 aromatic heterocycles. The summed E-state index contributed by atoms with van der Waals surface area (Å²) in [4.78, 5) is 0. The van der Waals surface area contributed by atoms with E-state index >= 15 is 0 Å². The van der Waals surface area contributed by atoms with E-state index in [0.717, 1.165) is 0 Å². The molecule has 0 aliphatic carbocycles. The molecule has 0 saturated heterocycles. The lowest BCUT2D eigenvalue weighted by molar-refractivity contribution is -0.00100. The van der Waals surface area contributed by atoms with Crippen molar-refractivity contribution in [2.75, 3.05) is 24.6 Å². The molecule has 0 amide bonds. The topological polar surface area (TPSA) is 0 Å². The molecule has 0 spiro atoms. The molecule has 448 valence electrons. The highest BCUT2D eigenvalue weighted by Crippen LogP contribution is 2.17. The lowest BCUT2D eigenvalue weighted by Crippen LogP contribution is -3.00. The molecule has 0 heterocycles. The van der Waals surface area contributed by atoms with Crippen LogP contribution in [0.5, 0.6) is 0 Å². The maximum Gasteiger partial charge on any atom is 0.0526 e. The van der Waals surface area contributed by atoms with Crippen LogP contribution in [-0.2, 0) is 0 Å². The molecular formula is C64H144F4P4. The van der Waals surface area contributed by atoms with E-state index in [9.17, 15) is 0 Å². The fourth-order valence-corrected chi connectivity index (χ4v) is 10.9. The normalized spacial score (nSPS) is 10.5. The van der Waals surface area contributed by atoms with Gasteiger partial charge in [-0.3, -0.25) is 0 Å². The van der Waals surface area contributed by atoms with E-state index in [1.165, 1.54) is 384 Å². The summed E-state index contributed by atoms with van der Waals surface area (Å²) < 4.78 is 0. The van der Waals surface area contributed by atoms with Crippen LogP contribution in [0.3, 0.4) is 0 Å². The van der Waals surface area contributed by atoms with Crippen molar-refractivity contribution in [1.82, 2.24) is 0 Å². The fourth-order valence-electron chi connectivity index (χ4n) is 9.49. The van der Waals surface area contributed by atoms with Crippen molar-refractivity contribution in [3.05, 3.63) is 0 Å². The Morgan fingerprint density at radius 2 is 0.194 bits per heavy atom. The van der Waals surface area contributed by atoms with Gasteiger partial charge in [0, 0.05) is 0 Å². The Morgan fingerprint density at radius 1 is 0.125 bits per heavy atom. The Morgan fingerprint density at radius 3 is 0.264 bits per heavy atom. The first-order valence-corrected chi connectivity index (χ1v) is 36.8. The molecular weight excluding hydrogens is 969 g/mol. The summed E-state index contributed by atoms with van der Waals surface area (Å²) >= 11 is 0. The van der Waals surface area contributed by atoms with Gasteiger partial charge in [0.15, 0.2) is 0 Å². The van der Waals surface area contributed by atoms with E-state index in [2.05, 4.69) is 64.7 Å². The highest BCUT2D eigenvalue weighted by molar-refractivity contribution is 7.16. The first kappa shape index (κ1) is 90.0. The van der Waals surface area contributed by atoms with Crippen LogP contribution in [-0.4, -0.2) is 24.6 Å². The standard InChI is InChI=1S/4C16H35P.4FH/c4*1-2-3-4-5-6-7-8-9-10-11-12-13-14-15-16-17;;;;/h4*2-17H2,1H3;4*1H. The summed E-state index contributed by atoms with van der Waals surface area (Å²) in [6.07, 6.45) is 87.9. The first-order chi connectivity index (χ1) is 33.7. The van der Waals surface area contributed by atoms with Crippen LogP contribution < -0.4 is 18.8 Å². The SMILES string of the molecule is CCCCCCCCCCCCCCCC[PH3+].CCCCCCCCCCCCCCCC[PH3+].CCCCCCCCCCCCCCCC[PH3+].CCCCCCCCCCCCCCCC[PH3+].[F-].[F-].[F-].[F-]. The zero-order valence-electron chi connectivity index (χ0n) is 50.8. The van der Waals surface area contributed by atoms with Gasteiger partial charge in [0.25, 0.3) is 0 Å². The minimum Gasteiger partial charge on any atom is -1.00 e. The van der Waals surface area contributed by atoms with Crippen molar-refractivity contribution < 1.29 is 18.8 Å². The molecule has 0 N–H and O–H groups in total. The van der Waals surface area contributed by atoms with Crippen molar-refractivity contribution in [1.29, 1.82) is 0 Å². The van der Waals surface area contributed by atoms with Crippen LogP contribution >= 0.6 is 37.0 Å². The molecule has 0 rings (SSSR count). The summed E-state index contributed by atoms with van der Waals surface area (Å²) in [6.45, 7) is 9.17. The molecule has 0 saturated carbocycles. The van der Waals surface area contributed by atoms with Crippen LogP contribution in [0.15, 0.2) is 0 Å².